The fraction of sp³-hybridized carbons (Fsp3) is 0.308. The molecule has 2 aromatic rings. The Bertz CT molecular complexity index is 445. The minimum Gasteiger partial charge on any atom is -0.246 e. The van der Waals surface area contributed by atoms with Crippen molar-refractivity contribution in [3.05, 3.63) is 39.4 Å². The van der Waals surface area contributed by atoms with Gasteiger partial charge in [0.2, 0.25) is 0 Å². The number of benzene rings is 1. The zero-order chi connectivity index (χ0) is 12.1. The molecule has 0 spiro atoms. The van der Waals surface area contributed by atoms with Crippen LogP contribution in [0.25, 0.3) is 10.4 Å². The van der Waals surface area contributed by atoms with Crippen molar-refractivity contribution in [3.8, 4) is 10.4 Å². The summed E-state index contributed by atoms with van der Waals surface area (Å²) in [6.07, 6.45) is 0. The van der Waals surface area contributed by atoms with Crippen molar-refractivity contribution in [3.63, 3.8) is 0 Å². The van der Waals surface area contributed by atoms with Gasteiger partial charge in [-0.05, 0) is 31.5 Å². The second kappa shape index (κ2) is 6.16. The molecule has 16 heavy (non-hydrogen) atoms. The average molecular weight is 298 g/mol. The smallest absolute Gasteiger partial charge is 0.0903 e. The summed E-state index contributed by atoms with van der Waals surface area (Å²) in [5.74, 6) is 0. The summed E-state index contributed by atoms with van der Waals surface area (Å²) in [5, 5.41) is 1.13. The molecule has 0 radical (unpaired) electrons. The van der Waals surface area contributed by atoms with Crippen molar-refractivity contribution in [1.82, 2.24) is 4.98 Å². The van der Waals surface area contributed by atoms with E-state index in [1.807, 2.05) is 20.8 Å². The molecule has 1 heterocycles. The Morgan fingerprint density at radius 2 is 1.62 bits per heavy atom. The summed E-state index contributed by atoms with van der Waals surface area (Å²) >= 11 is 5.18. The third kappa shape index (κ3) is 3.16. The maximum absolute atomic E-state index is 4.42. The maximum Gasteiger partial charge on any atom is 0.0903 e. The van der Waals surface area contributed by atoms with Gasteiger partial charge in [0, 0.05) is 4.47 Å². The Morgan fingerprint density at radius 1 is 1.06 bits per heavy atom. The fourth-order valence-electron chi connectivity index (χ4n) is 1.40. The van der Waals surface area contributed by atoms with Crippen LogP contribution in [0.15, 0.2) is 28.7 Å². The number of nitrogens with zero attached hydrogens (tertiary/aromatic N) is 1. The van der Waals surface area contributed by atoms with Gasteiger partial charge in [0.15, 0.2) is 0 Å². The SMILES string of the molecule is CC.Cc1nc(C)c(-c2ccc(Br)cc2)s1. The van der Waals surface area contributed by atoms with Crippen LogP contribution in [0.5, 0.6) is 0 Å². The molecule has 1 aromatic heterocycles. The van der Waals surface area contributed by atoms with Gasteiger partial charge >= 0.3 is 0 Å². The summed E-state index contributed by atoms with van der Waals surface area (Å²) in [5.41, 5.74) is 2.37. The van der Waals surface area contributed by atoms with Crippen molar-refractivity contribution >= 4 is 27.3 Å². The van der Waals surface area contributed by atoms with Gasteiger partial charge in [0.05, 0.1) is 15.6 Å². The van der Waals surface area contributed by atoms with Crippen LogP contribution in [0.2, 0.25) is 0 Å². The zero-order valence-electron chi connectivity index (χ0n) is 10.0. The van der Waals surface area contributed by atoms with Crippen LogP contribution in [0.1, 0.15) is 24.5 Å². The molecule has 0 amide bonds. The third-order valence-corrected chi connectivity index (χ3v) is 3.66. The topological polar surface area (TPSA) is 12.9 Å². The molecule has 0 aliphatic heterocycles. The second-order valence-electron chi connectivity index (χ2n) is 3.15. The van der Waals surface area contributed by atoms with Crippen LogP contribution in [-0.4, -0.2) is 4.98 Å². The van der Waals surface area contributed by atoms with Crippen molar-refractivity contribution in [1.29, 1.82) is 0 Å². The van der Waals surface area contributed by atoms with Gasteiger partial charge in [-0.25, -0.2) is 4.98 Å². The van der Waals surface area contributed by atoms with E-state index < -0.39 is 0 Å². The van der Waals surface area contributed by atoms with Crippen LogP contribution in [-0.2, 0) is 0 Å². The quantitative estimate of drug-likeness (QED) is 0.703. The molecule has 0 saturated heterocycles. The van der Waals surface area contributed by atoms with E-state index in [0.29, 0.717) is 0 Å². The Labute approximate surface area is 110 Å². The standard InChI is InChI=1S/C11H10BrNS.C2H6/c1-7-11(14-8(2)13-7)9-3-5-10(12)6-4-9;1-2/h3-6H,1-2H3;1-2H3. The number of aromatic nitrogens is 1. The Kier molecular flexibility index (Phi) is 5.16. The van der Waals surface area contributed by atoms with E-state index >= 15 is 0 Å². The highest BCUT2D eigenvalue weighted by atomic mass is 79.9. The van der Waals surface area contributed by atoms with E-state index in [0.717, 1.165) is 15.2 Å². The first-order valence-corrected chi connectivity index (χ1v) is 6.98. The predicted octanol–water partition coefficient (Wildman–Crippen LogP) is 5.22. The monoisotopic (exact) mass is 297 g/mol. The minimum atomic E-state index is 1.11. The van der Waals surface area contributed by atoms with E-state index in [9.17, 15) is 0 Å². The molecule has 3 heteroatoms. The lowest BCUT2D eigenvalue weighted by Gasteiger charge is -1.98. The van der Waals surface area contributed by atoms with Gasteiger partial charge in [-0.15, -0.1) is 11.3 Å². The second-order valence-corrected chi connectivity index (χ2v) is 5.27. The van der Waals surface area contributed by atoms with E-state index in [1.165, 1.54) is 10.4 Å². The molecule has 1 nitrogen and oxygen atoms in total. The van der Waals surface area contributed by atoms with Crippen molar-refractivity contribution in [2.45, 2.75) is 27.7 Å². The normalized spacial score (nSPS) is 9.56. The average Bonchev–Trinajstić information content (AvgIpc) is 2.62. The van der Waals surface area contributed by atoms with E-state index in [-0.39, 0.29) is 0 Å². The summed E-state index contributed by atoms with van der Waals surface area (Å²) in [7, 11) is 0. The maximum atomic E-state index is 4.42. The summed E-state index contributed by atoms with van der Waals surface area (Å²) in [4.78, 5) is 5.69. The molecule has 0 aliphatic rings. The first kappa shape index (κ1) is 13.4. The largest absolute Gasteiger partial charge is 0.246 e. The number of halogens is 1. The summed E-state index contributed by atoms with van der Waals surface area (Å²) in [6.45, 7) is 8.10. The van der Waals surface area contributed by atoms with E-state index in [1.54, 1.807) is 11.3 Å². The van der Waals surface area contributed by atoms with Crippen LogP contribution >= 0.6 is 27.3 Å². The lowest BCUT2D eigenvalue weighted by atomic mass is 10.2. The van der Waals surface area contributed by atoms with Gasteiger partial charge in [0.1, 0.15) is 0 Å². The van der Waals surface area contributed by atoms with Crippen molar-refractivity contribution in [2.75, 3.05) is 0 Å². The van der Waals surface area contributed by atoms with Gasteiger partial charge in [-0.3, -0.25) is 0 Å². The Balaban J connectivity index is 0.000000606. The lowest BCUT2D eigenvalue weighted by molar-refractivity contribution is 1.20. The number of aryl methyl sites for hydroxylation is 2. The molecule has 0 aliphatic carbocycles. The number of thiazole rings is 1. The summed E-state index contributed by atoms with van der Waals surface area (Å²) in [6, 6.07) is 8.35. The summed E-state index contributed by atoms with van der Waals surface area (Å²) < 4.78 is 1.11. The highest BCUT2D eigenvalue weighted by Gasteiger charge is 2.06. The van der Waals surface area contributed by atoms with Crippen molar-refractivity contribution < 1.29 is 0 Å². The van der Waals surface area contributed by atoms with E-state index in [4.69, 9.17) is 0 Å². The van der Waals surface area contributed by atoms with Gasteiger partial charge in [0.25, 0.3) is 0 Å². The number of hydrogen-bond donors (Lipinski definition) is 0. The van der Waals surface area contributed by atoms with Crippen LogP contribution < -0.4 is 0 Å². The molecule has 0 fully saturated rings. The van der Waals surface area contributed by atoms with Gasteiger partial charge in [-0.2, -0.15) is 0 Å². The van der Waals surface area contributed by atoms with Crippen LogP contribution in [0.3, 0.4) is 0 Å². The fourth-order valence-corrected chi connectivity index (χ4v) is 2.59. The molecule has 0 saturated carbocycles. The van der Waals surface area contributed by atoms with Crippen molar-refractivity contribution in [2.24, 2.45) is 0 Å². The molecule has 2 rings (SSSR count). The molecule has 0 atom stereocenters. The third-order valence-electron chi connectivity index (χ3n) is 2.01. The van der Waals surface area contributed by atoms with E-state index in [2.05, 4.69) is 52.1 Å². The molecule has 86 valence electrons. The molecule has 0 N–H and O–H groups in total. The molecular formula is C13H16BrNS. The highest BCUT2D eigenvalue weighted by molar-refractivity contribution is 9.10. The minimum absolute atomic E-state index is 1.11. The Hall–Kier alpha value is -0.670. The van der Waals surface area contributed by atoms with Gasteiger partial charge in [-0.1, -0.05) is 41.9 Å². The first-order chi connectivity index (χ1) is 7.66. The molecule has 0 unspecified atom stereocenters. The number of hydrogen-bond acceptors (Lipinski definition) is 2. The zero-order valence-corrected chi connectivity index (χ0v) is 12.4. The Morgan fingerprint density at radius 3 is 2.06 bits per heavy atom. The molecule has 0 bridgehead atoms. The predicted molar refractivity (Wildman–Crippen MR) is 76.1 cm³/mol. The first-order valence-electron chi connectivity index (χ1n) is 5.37. The molecule has 1 aromatic carbocycles. The van der Waals surface area contributed by atoms with Crippen LogP contribution in [0.4, 0.5) is 0 Å². The van der Waals surface area contributed by atoms with Crippen LogP contribution in [0, 0.1) is 13.8 Å². The van der Waals surface area contributed by atoms with Gasteiger partial charge < -0.3 is 0 Å². The molecular weight excluding hydrogens is 282 g/mol. The highest BCUT2D eigenvalue weighted by Crippen LogP contribution is 2.30. The number of rotatable bonds is 1. The lowest BCUT2D eigenvalue weighted by Crippen LogP contribution is -1.77.